The van der Waals surface area contributed by atoms with Crippen molar-refractivity contribution in [2.75, 3.05) is 13.2 Å². The van der Waals surface area contributed by atoms with Crippen LogP contribution in [0.3, 0.4) is 0 Å². The van der Waals surface area contributed by atoms with Crippen LogP contribution in [0.25, 0.3) is 0 Å². The van der Waals surface area contributed by atoms with Gasteiger partial charge in [0, 0.05) is 24.8 Å². The van der Waals surface area contributed by atoms with E-state index in [1.807, 2.05) is 26.8 Å². The van der Waals surface area contributed by atoms with Crippen LogP contribution in [0.4, 0.5) is 0 Å². The highest BCUT2D eigenvalue weighted by Crippen LogP contribution is 2.39. The molecule has 1 aliphatic heterocycles. The van der Waals surface area contributed by atoms with E-state index >= 15 is 0 Å². The molecular weight excluding hydrogens is 278 g/mol. The Bertz CT molecular complexity index is 504. The largest absolute Gasteiger partial charge is 0.466 e. The molecule has 0 radical (unpaired) electrons. The number of hydrogen-bond acceptors (Lipinski definition) is 4. The Kier molecular flexibility index (Phi) is 4.36. The van der Waals surface area contributed by atoms with Crippen LogP contribution in [-0.4, -0.2) is 29.9 Å². The normalized spacial score (nSPS) is 31.5. The fraction of sp³-hybridized carbons (Fsp3) is 0.778. The van der Waals surface area contributed by atoms with Crippen molar-refractivity contribution in [3.8, 4) is 0 Å². The van der Waals surface area contributed by atoms with E-state index < -0.39 is 5.60 Å². The molecule has 1 saturated heterocycles. The highest BCUT2D eigenvalue weighted by molar-refractivity contribution is 5.26. The molecule has 124 valence electrons. The number of aryl methyl sites for hydroxylation is 2. The summed E-state index contributed by atoms with van der Waals surface area (Å²) in [6.07, 6.45) is 7.02. The van der Waals surface area contributed by atoms with Crippen LogP contribution in [0, 0.1) is 13.8 Å². The smallest absolute Gasteiger partial charge is 0.107 e. The molecule has 0 amide bonds. The lowest BCUT2D eigenvalue weighted by atomic mass is 9.80. The molecule has 22 heavy (non-hydrogen) atoms. The van der Waals surface area contributed by atoms with Gasteiger partial charge in [-0.3, -0.25) is 0 Å². The van der Waals surface area contributed by atoms with E-state index in [4.69, 9.17) is 9.15 Å². The van der Waals surface area contributed by atoms with Crippen molar-refractivity contribution in [2.24, 2.45) is 0 Å². The summed E-state index contributed by atoms with van der Waals surface area (Å²) in [5.41, 5.74) is 0.184. The predicted octanol–water partition coefficient (Wildman–Crippen LogP) is 3.19. The number of rotatable bonds is 4. The van der Waals surface area contributed by atoms with E-state index in [2.05, 4.69) is 5.32 Å². The molecule has 0 aromatic carbocycles. The van der Waals surface area contributed by atoms with Gasteiger partial charge in [0.1, 0.15) is 17.1 Å². The second kappa shape index (κ2) is 5.99. The Morgan fingerprint density at radius 1 is 1.32 bits per heavy atom. The molecule has 2 fully saturated rings. The zero-order chi connectivity index (χ0) is 15.8. The number of furan rings is 1. The Morgan fingerprint density at radius 2 is 2.05 bits per heavy atom. The summed E-state index contributed by atoms with van der Waals surface area (Å²) in [5.74, 6) is 1.66. The number of nitrogens with one attached hydrogen (secondary N) is 1. The third-order valence-electron chi connectivity index (χ3n) is 5.44. The van der Waals surface area contributed by atoms with Crippen LogP contribution in [0.15, 0.2) is 10.5 Å². The van der Waals surface area contributed by atoms with E-state index in [0.717, 1.165) is 49.4 Å². The van der Waals surface area contributed by atoms with Gasteiger partial charge < -0.3 is 19.6 Å². The highest BCUT2D eigenvalue weighted by Gasteiger charge is 2.39. The molecular formula is C18H29NO3. The van der Waals surface area contributed by atoms with Gasteiger partial charge in [0.15, 0.2) is 0 Å². The summed E-state index contributed by atoms with van der Waals surface area (Å²) in [5, 5.41) is 14.3. The lowest BCUT2D eigenvalue weighted by Gasteiger charge is -2.37. The van der Waals surface area contributed by atoms with E-state index in [1.54, 1.807) is 0 Å². The minimum Gasteiger partial charge on any atom is -0.466 e. The van der Waals surface area contributed by atoms with Crippen LogP contribution in [0.1, 0.15) is 62.5 Å². The Labute approximate surface area is 133 Å². The number of ether oxygens (including phenoxy) is 1. The van der Waals surface area contributed by atoms with Crippen molar-refractivity contribution < 1.29 is 14.3 Å². The fourth-order valence-electron chi connectivity index (χ4n) is 4.10. The first-order chi connectivity index (χ1) is 10.4. The molecule has 1 aromatic rings. The first kappa shape index (κ1) is 16.0. The molecule has 2 aliphatic rings. The zero-order valence-electron chi connectivity index (χ0n) is 14.1. The fourth-order valence-corrected chi connectivity index (χ4v) is 4.10. The van der Waals surface area contributed by atoms with Crippen LogP contribution in [-0.2, 0) is 10.3 Å². The van der Waals surface area contributed by atoms with E-state index in [9.17, 15) is 5.11 Å². The second-order valence-electron chi connectivity index (χ2n) is 7.39. The molecule has 1 aliphatic carbocycles. The Balaban J connectivity index is 1.53. The molecule has 4 nitrogen and oxygen atoms in total. The van der Waals surface area contributed by atoms with Crippen LogP contribution in [0.2, 0.25) is 0 Å². The lowest BCUT2D eigenvalue weighted by molar-refractivity contribution is -0.0323. The molecule has 1 atom stereocenters. The van der Waals surface area contributed by atoms with Crippen LogP contribution in [0.5, 0.6) is 0 Å². The molecule has 0 bridgehead atoms. The van der Waals surface area contributed by atoms with Gasteiger partial charge in [-0.05, 0) is 65.4 Å². The predicted molar refractivity (Wildman–Crippen MR) is 85.9 cm³/mol. The minimum atomic E-state index is -0.888. The maximum atomic E-state index is 10.8. The van der Waals surface area contributed by atoms with Gasteiger partial charge in [0.2, 0.25) is 0 Å². The van der Waals surface area contributed by atoms with Gasteiger partial charge in [0.25, 0.3) is 0 Å². The van der Waals surface area contributed by atoms with E-state index in [1.165, 1.54) is 12.8 Å². The first-order valence-corrected chi connectivity index (χ1v) is 8.57. The van der Waals surface area contributed by atoms with Gasteiger partial charge >= 0.3 is 0 Å². The van der Waals surface area contributed by atoms with Crippen molar-refractivity contribution in [1.29, 1.82) is 0 Å². The topological polar surface area (TPSA) is 54.6 Å². The maximum absolute atomic E-state index is 10.8. The molecule has 1 unspecified atom stereocenters. The summed E-state index contributed by atoms with van der Waals surface area (Å²) in [7, 11) is 0. The summed E-state index contributed by atoms with van der Waals surface area (Å²) >= 11 is 0. The van der Waals surface area contributed by atoms with Crippen molar-refractivity contribution >= 4 is 0 Å². The Morgan fingerprint density at radius 3 is 2.59 bits per heavy atom. The van der Waals surface area contributed by atoms with Gasteiger partial charge in [-0.25, -0.2) is 0 Å². The average molecular weight is 307 g/mol. The average Bonchev–Trinajstić information content (AvgIpc) is 3.06. The zero-order valence-corrected chi connectivity index (χ0v) is 14.1. The van der Waals surface area contributed by atoms with Crippen molar-refractivity contribution in [3.05, 3.63) is 23.2 Å². The highest BCUT2D eigenvalue weighted by atomic mass is 16.5. The standard InChI is InChI=1S/C18H29NO3/c1-13-11-16(14(2)22-13)17(3,20)12-19-15-5-8-18(9-6-15)7-4-10-21-18/h11,15,19-20H,4-10,12H2,1-3H3. The molecule has 1 aromatic heterocycles. The van der Waals surface area contributed by atoms with Gasteiger partial charge in [-0.15, -0.1) is 0 Å². The summed E-state index contributed by atoms with van der Waals surface area (Å²) < 4.78 is 11.5. The van der Waals surface area contributed by atoms with Gasteiger partial charge in [0.05, 0.1) is 5.60 Å². The number of hydrogen-bond donors (Lipinski definition) is 2. The van der Waals surface area contributed by atoms with Crippen LogP contribution >= 0.6 is 0 Å². The van der Waals surface area contributed by atoms with Crippen molar-refractivity contribution in [2.45, 2.75) is 76.5 Å². The third-order valence-corrected chi connectivity index (χ3v) is 5.44. The van der Waals surface area contributed by atoms with E-state index in [-0.39, 0.29) is 5.60 Å². The molecule has 3 rings (SSSR count). The van der Waals surface area contributed by atoms with Crippen molar-refractivity contribution in [1.82, 2.24) is 5.32 Å². The molecule has 2 heterocycles. The van der Waals surface area contributed by atoms with Crippen molar-refractivity contribution in [3.63, 3.8) is 0 Å². The lowest BCUT2D eigenvalue weighted by Crippen LogP contribution is -2.45. The minimum absolute atomic E-state index is 0.180. The van der Waals surface area contributed by atoms with Crippen LogP contribution < -0.4 is 5.32 Å². The van der Waals surface area contributed by atoms with Gasteiger partial charge in [-0.1, -0.05) is 0 Å². The maximum Gasteiger partial charge on any atom is 0.107 e. The van der Waals surface area contributed by atoms with E-state index in [0.29, 0.717) is 12.6 Å². The molecule has 4 heteroatoms. The monoisotopic (exact) mass is 307 g/mol. The molecule has 2 N–H and O–H groups in total. The summed E-state index contributed by atoms with van der Waals surface area (Å²) in [6, 6.07) is 2.42. The Hall–Kier alpha value is -0.840. The van der Waals surface area contributed by atoms with Gasteiger partial charge in [-0.2, -0.15) is 0 Å². The quantitative estimate of drug-likeness (QED) is 0.897. The number of aliphatic hydroxyl groups is 1. The summed E-state index contributed by atoms with van der Waals surface area (Å²) in [6.45, 7) is 7.19. The third kappa shape index (κ3) is 3.24. The first-order valence-electron chi connectivity index (χ1n) is 8.57. The second-order valence-corrected chi connectivity index (χ2v) is 7.39. The summed E-state index contributed by atoms with van der Waals surface area (Å²) in [4.78, 5) is 0. The molecule has 1 spiro atoms. The SMILES string of the molecule is Cc1cc(C(C)(O)CNC2CCC3(CCCO3)CC2)c(C)o1. The molecule has 1 saturated carbocycles.